The smallest absolute Gasteiger partial charge is 0.168 e. The summed E-state index contributed by atoms with van der Waals surface area (Å²) >= 11 is 0. The van der Waals surface area contributed by atoms with E-state index >= 15 is 0 Å². The monoisotopic (exact) mass is 215 g/mol. The number of para-hydroxylation sites is 1. The van der Waals surface area contributed by atoms with E-state index in [4.69, 9.17) is 0 Å². The Morgan fingerprint density at radius 2 is 1.88 bits per heavy atom. The molecular weight excluding hydrogens is 198 g/mol. The number of carbonyl (C=O) groups is 1. The molecule has 2 aromatic rings. The number of carbonyl (C=O) groups excluding carboxylic acids is 1. The highest BCUT2D eigenvalue weighted by atomic mass is 16.1. The molecule has 1 aromatic carbocycles. The molecule has 0 saturated heterocycles. The Labute approximate surface area is 95.7 Å². The Bertz CT molecular complexity index is 510. The largest absolute Gasteiger partial charge is 0.360 e. The van der Waals surface area contributed by atoms with Crippen molar-refractivity contribution in [2.24, 2.45) is 11.8 Å². The summed E-state index contributed by atoms with van der Waals surface area (Å²) in [5.74, 6) is 0.674. The third kappa shape index (κ3) is 1.75. The first-order chi connectivity index (χ1) is 7.61. The number of H-pyrrole nitrogens is 1. The van der Waals surface area contributed by atoms with Gasteiger partial charge in [0.1, 0.15) is 0 Å². The summed E-state index contributed by atoms with van der Waals surface area (Å²) in [4.78, 5) is 15.4. The van der Waals surface area contributed by atoms with E-state index in [-0.39, 0.29) is 11.7 Å². The lowest BCUT2D eigenvalue weighted by Gasteiger charge is -2.13. The second-order valence-corrected chi connectivity index (χ2v) is 4.64. The number of aromatic nitrogens is 1. The van der Waals surface area contributed by atoms with Gasteiger partial charge in [-0.05, 0) is 12.0 Å². The van der Waals surface area contributed by atoms with Gasteiger partial charge in [-0.25, -0.2) is 0 Å². The zero-order valence-corrected chi connectivity index (χ0v) is 9.95. The minimum atomic E-state index is 0.0687. The first kappa shape index (κ1) is 10.9. The topological polar surface area (TPSA) is 32.9 Å². The van der Waals surface area contributed by atoms with Gasteiger partial charge in [0, 0.05) is 28.6 Å². The van der Waals surface area contributed by atoms with Crippen molar-refractivity contribution >= 4 is 16.7 Å². The third-order valence-electron chi connectivity index (χ3n) is 3.27. The van der Waals surface area contributed by atoms with Gasteiger partial charge < -0.3 is 4.98 Å². The average Bonchev–Trinajstić information content (AvgIpc) is 2.70. The van der Waals surface area contributed by atoms with Gasteiger partial charge in [0.05, 0.1) is 0 Å². The Kier molecular flexibility index (Phi) is 2.82. The van der Waals surface area contributed by atoms with Crippen LogP contribution in [0.25, 0.3) is 10.9 Å². The van der Waals surface area contributed by atoms with E-state index < -0.39 is 0 Å². The van der Waals surface area contributed by atoms with Crippen LogP contribution < -0.4 is 0 Å². The van der Waals surface area contributed by atoms with E-state index in [2.05, 4.69) is 18.8 Å². The number of benzene rings is 1. The van der Waals surface area contributed by atoms with Crippen LogP contribution in [-0.2, 0) is 0 Å². The quantitative estimate of drug-likeness (QED) is 0.779. The Morgan fingerprint density at radius 1 is 1.19 bits per heavy atom. The zero-order valence-electron chi connectivity index (χ0n) is 9.95. The molecule has 0 spiro atoms. The second kappa shape index (κ2) is 4.12. The van der Waals surface area contributed by atoms with Crippen LogP contribution >= 0.6 is 0 Å². The van der Waals surface area contributed by atoms with Crippen LogP contribution in [0.15, 0.2) is 30.5 Å². The fourth-order valence-electron chi connectivity index (χ4n) is 1.82. The number of ketones is 1. The lowest BCUT2D eigenvalue weighted by Crippen LogP contribution is -2.16. The van der Waals surface area contributed by atoms with Gasteiger partial charge in [-0.15, -0.1) is 0 Å². The fraction of sp³-hybridized carbons (Fsp3) is 0.357. The van der Waals surface area contributed by atoms with Crippen molar-refractivity contribution in [1.82, 2.24) is 4.98 Å². The van der Waals surface area contributed by atoms with Gasteiger partial charge in [-0.3, -0.25) is 4.79 Å². The molecule has 1 aromatic heterocycles. The van der Waals surface area contributed by atoms with E-state index in [0.717, 1.165) is 16.5 Å². The molecule has 16 heavy (non-hydrogen) atoms. The molecule has 0 radical (unpaired) electrons. The van der Waals surface area contributed by atoms with E-state index in [0.29, 0.717) is 5.92 Å². The van der Waals surface area contributed by atoms with Crippen molar-refractivity contribution in [3.63, 3.8) is 0 Å². The molecule has 84 valence electrons. The van der Waals surface area contributed by atoms with Crippen molar-refractivity contribution in [3.8, 4) is 0 Å². The van der Waals surface area contributed by atoms with Crippen LogP contribution in [0.3, 0.4) is 0 Å². The van der Waals surface area contributed by atoms with Crippen LogP contribution in [0.1, 0.15) is 31.1 Å². The minimum Gasteiger partial charge on any atom is -0.360 e. The SMILES string of the molecule is CC(C)C(C)C(=O)c1c[nH]c2ccccc12. The number of hydrogen-bond acceptors (Lipinski definition) is 1. The van der Waals surface area contributed by atoms with Crippen molar-refractivity contribution in [1.29, 1.82) is 0 Å². The van der Waals surface area contributed by atoms with Crippen molar-refractivity contribution < 1.29 is 4.79 Å². The highest BCUT2D eigenvalue weighted by molar-refractivity contribution is 6.08. The molecular formula is C14H17NO. The summed E-state index contributed by atoms with van der Waals surface area (Å²) in [7, 11) is 0. The van der Waals surface area contributed by atoms with E-state index in [1.165, 1.54) is 0 Å². The summed E-state index contributed by atoms with van der Waals surface area (Å²) in [5.41, 5.74) is 1.85. The van der Waals surface area contributed by atoms with Gasteiger partial charge in [0.25, 0.3) is 0 Å². The van der Waals surface area contributed by atoms with Gasteiger partial charge in [-0.1, -0.05) is 39.0 Å². The highest BCUT2D eigenvalue weighted by Crippen LogP contribution is 2.23. The second-order valence-electron chi connectivity index (χ2n) is 4.64. The number of nitrogens with one attached hydrogen (secondary N) is 1. The predicted molar refractivity (Wildman–Crippen MR) is 66.6 cm³/mol. The fourth-order valence-corrected chi connectivity index (χ4v) is 1.82. The van der Waals surface area contributed by atoms with Crippen molar-refractivity contribution in [2.75, 3.05) is 0 Å². The van der Waals surface area contributed by atoms with Crippen molar-refractivity contribution in [3.05, 3.63) is 36.0 Å². The summed E-state index contributed by atoms with van der Waals surface area (Å²) < 4.78 is 0. The molecule has 0 aliphatic heterocycles. The van der Waals surface area contributed by atoms with Crippen LogP contribution in [0, 0.1) is 11.8 Å². The zero-order chi connectivity index (χ0) is 11.7. The lowest BCUT2D eigenvalue weighted by molar-refractivity contribution is 0.0901. The third-order valence-corrected chi connectivity index (χ3v) is 3.27. The molecule has 1 heterocycles. The molecule has 0 aliphatic rings. The van der Waals surface area contributed by atoms with E-state index in [9.17, 15) is 4.79 Å². The predicted octanol–water partition coefficient (Wildman–Crippen LogP) is 3.64. The van der Waals surface area contributed by atoms with Crippen molar-refractivity contribution in [2.45, 2.75) is 20.8 Å². The maximum atomic E-state index is 12.2. The number of rotatable bonds is 3. The molecule has 0 aliphatic carbocycles. The van der Waals surface area contributed by atoms with E-state index in [1.54, 1.807) is 0 Å². The Balaban J connectivity index is 2.44. The van der Waals surface area contributed by atoms with Crippen LogP contribution in [-0.4, -0.2) is 10.8 Å². The molecule has 0 bridgehead atoms. The summed E-state index contributed by atoms with van der Waals surface area (Å²) in [6, 6.07) is 7.92. The average molecular weight is 215 g/mol. The molecule has 1 unspecified atom stereocenters. The first-order valence-electron chi connectivity index (χ1n) is 5.71. The summed E-state index contributed by atoms with van der Waals surface area (Å²) in [6.45, 7) is 6.16. The number of aromatic amines is 1. The normalized spacial score (nSPS) is 13.2. The molecule has 1 N–H and O–H groups in total. The standard InChI is InChI=1S/C14H17NO/c1-9(2)10(3)14(16)12-8-15-13-7-5-4-6-11(12)13/h4-10,15H,1-3H3. The van der Waals surface area contributed by atoms with Crippen LogP contribution in [0.4, 0.5) is 0 Å². The van der Waals surface area contributed by atoms with Gasteiger partial charge in [-0.2, -0.15) is 0 Å². The molecule has 0 saturated carbocycles. The maximum Gasteiger partial charge on any atom is 0.168 e. The summed E-state index contributed by atoms with van der Waals surface area (Å²) in [5, 5.41) is 1.03. The van der Waals surface area contributed by atoms with Gasteiger partial charge in [0.2, 0.25) is 0 Å². The van der Waals surface area contributed by atoms with Gasteiger partial charge in [0.15, 0.2) is 5.78 Å². The number of hydrogen-bond donors (Lipinski definition) is 1. The molecule has 2 nitrogen and oxygen atoms in total. The number of Topliss-reactive ketones (excluding diaryl/α,β-unsaturated/α-hetero) is 1. The van der Waals surface area contributed by atoms with Gasteiger partial charge >= 0.3 is 0 Å². The Hall–Kier alpha value is -1.57. The highest BCUT2D eigenvalue weighted by Gasteiger charge is 2.20. The molecule has 0 fully saturated rings. The number of fused-ring (bicyclic) bond motifs is 1. The van der Waals surface area contributed by atoms with Crippen LogP contribution in [0.5, 0.6) is 0 Å². The molecule has 1 atom stereocenters. The molecule has 0 amide bonds. The molecule has 2 heteroatoms. The van der Waals surface area contributed by atoms with Crippen LogP contribution in [0.2, 0.25) is 0 Å². The summed E-state index contributed by atoms with van der Waals surface area (Å²) in [6.07, 6.45) is 1.83. The Morgan fingerprint density at radius 3 is 2.56 bits per heavy atom. The lowest BCUT2D eigenvalue weighted by atomic mass is 9.90. The molecule has 2 rings (SSSR count). The maximum absolute atomic E-state index is 12.2. The van der Waals surface area contributed by atoms with E-state index in [1.807, 2.05) is 37.4 Å². The minimum absolute atomic E-state index is 0.0687. The first-order valence-corrected chi connectivity index (χ1v) is 5.71.